The molecule has 4 rings (SSSR count). The zero-order chi connectivity index (χ0) is 30.5. The fourth-order valence-electron chi connectivity index (χ4n) is 4.13. The Bertz CT molecular complexity index is 1330. The van der Waals surface area contributed by atoms with Gasteiger partial charge in [-0.1, -0.05) is 23.6 Å². The highest BCUT2D eigenvalue weighted by Gasteiger charge is 2.38. The van der Waals surface area contributed by atoms with Crippen LogP contribution in [-0.4, -0.2) is 43.8 Å². The molecule has 0 spiro atoms. The first-order chi connectivity index (χ1) is 19.1. The maximum absolute atomic E-state index is 13.4. The van der Waals surface area contributed by atoms with E-state index in [1.165, 1.54) is 24.1 Å². The molecule has 0 saturated carbocycles. The predicted octanol–water partition coefficient (Wildman–Crippen LogP) is 6.21. The zero-order valence-electron chi connectivity index (χ0n) is 22.5. The fraction of sp³-hybridized carbons (Fsp3) is 0.480. The molecule has 1 aliphatic rings. The Labute approximate surface area is 236 Å². The van der Waals surface area contributed by atoms with Crippen LogP contribution in [0.25, 0.3) is 0 Å². The molecule has 0 bridgehead atoms. The summed E-state index contributed by atoms with van der Waals surface area (Å²) in [5.41, 5.74) is -1.35. The van der Waals surface area contributed by atoms with E-state index in [4.69, 9.17) is 11.6 Å². The van der Waals surface area contributed by atoms with E-state index >= 15 is 0 Å². The van der Waals surface area contributed by atoms with Crippen LogP contribution in [0.4, 0.5) is 38.0 Å². The lowest BCUT2D eigenvalue weighted by molar-refractivity contribution is -0.141. The molecule has 1 aromatic carbocycles. The summed E-state index contributed by atoms with van der Waals surface area (Å²) in [4.78, 5) is 15.9. The maximum Gasteiger partial charge on any atom is 0.433 e. The molecule has 0 fully saturated rings. The van der Waals surface area contributed by atoms with E-state index in [0.717, 1.165) is 23.0 Å². The Kier molecular flexibility index (Phi) is 10.0. The van der Waals surface area contributed by atoms with Crippen LogP contribution in [0.3, 0.4) is 0 Å². The monoisotopic (exact) mass is 607 g/mol. The van der Waals surface area contributed by atoms with E-state index in [1.54, 1.807) is 13.8 Å². The number of halogens is 7. The summed E-state index contributed by atoms with van der Waals surface area (Å²) in [6.45, 7) is 5.79. The van der Waals surface area contributed by atoms with Crippen molar-refractivity contribution in [1.82, 2.24) is 25.2 Å². The summed E-state index contributed by atoms with van der Waals surface area (Å²) >= 11 is 5.96. The number of carbonyl (C=O) groups is 1. The largest absolute Gasteiger partial charge is 0.465 e. The summed E-state index contributed by atoms with van der Waals surface area (Å²) in [6, 6.07) is 4.39. The van der Waals surface area contributed by atoms with E-state index in [-0.39, 0.29) is 40.9 Å². The molecule has 3 aromatic rings. The number of aryl methyl sites for hydroxylation is 1. The molecule has 41 heavy (non-hydrogen) atoms. The highest BCUT2D eigenvalue weighted by atomic mass is 35.5. The first-order valence-corrected chi connectivity index (χ1v) is 12.8. The van der Waals surface area contributed by atoms with Gasteiger partial charge in [-0.25, -0.2) is 4.98 Å². The van der Waals surface area contributed by atoms with Crippen molar-refractivity contribution < 1.29 is 35.9 Å². The SMILES string of the molecule is CC(C)OC=O.CC[C@@H]1C[C@H](N(Cc2cc(Cl)cc(C(F)(F)F)c2)c2nnn(C)n2)c2nc(C(F)(F)F)ccc2N1. The van der Waals surface area contributed by atoms with E-state index in [1.807, 2.05) is 6.92 Å². The normalized spacial score (nSPS) is 16.8. The number of ether oxygens (including phenoxy) is 1. The van der Waals surface area contributed by atoms with Gasteiger partial charge in [0.1, 0.15) is 5.69 Å². The van der Waals surface area contributed by atoms with Crippen molar-refractivity contribution in [3.05, 3.63) is 57.9 Å². The molecule has 0 amide bonds. The zero-order valence-corrected chi connectivity index (χ0v) is 23.2. The van der Waals surface area contributed by atoms with Crippen LogP contribution < -0.4 is 10.2 Å². The molecule has 0 aliphatic carbocycles. The van der Waals surface area contributed by atoms with Gasteiger partial charge < -0.3 is 15.0 Å². The fourth-order valence-corrected chi connectivity index (χ4v) is 4.39. The number of rotatable bonds is 7. The standard InChI is InChI=1S/C21H20ClF6N7.C4H8O2/c1-3-14-9-16(18-15(29-14)4-5-17(30-18)21(26,27)28)35(19-31-33-34(2)32-19)10-11-6-12(20(23,24)25)8-13(22)7-11;1-4(2)6-3-5/h4-8,14,16,29H,3,9-10H2,1-2H3;3-4H,1-2H3/t14-,16+;/m1./s1. The van der Waals surface area contributed by atoms with Gasteiger partial charge in [0, 0.05) is 17.6 Å². The van der Waals surface area contributed by atoms with E-state index < -0.39 is 29.7 Å². The lowest BCUT2D eigenvalue weighted by Crippen LogP contribution is -2.39. The number of carbonyl (C=O) groups excluding carboxylic acids is 1. The van der Waals surface area contributed by atoms with Crippen LogP contribution in [0.2, 0.25) is 5.02 Å². The van der Waals surface area contributed by atoms with Crippen LogP contribution in [0, 0.1) is 0 Å². The average Bonchev–Trinajstić information content (AvgIpc) is 3.31. The minimum Gasteiger partial charge on any atom is -0.465 e. The minimum atomic E-state index is -4.68. The number of pyridine rings is 1. The van der Waals surface area contributed by atoms with Gasteiger partial charge in [0.05, 0.1) is 36.1 Å². The molecule has 16 heteroatoms. The summed E-state index contributed by atoms with van der Waals surface area (Å²) in [7, 11) is 1.50. The third-order valence-corrected chi connectivity index (χ3v) is 6.21. The third kappa shape index (κ3) is 8.44. The van der Waals surface area contributed by atoms with Crippen LogP contribution in [0.15, 0.2) is 30.3 Å². The Morgan fingerprint density at radius 3 is 2.39 bits per heavy atom. The van der Waals surface area contributed by atoms with E-state index in [9.17, 15) is 31.1 Å². The summed E-state index contributed by atoms with van der Waals surface area (Å²) < 4.78 is 84.8. The van der Waals surface area contributed by atoms with Gasteiger partial charge in [0.2, 0.25) is 0 Å². The van der Waals surface area contributed by atoms with Crippen LogP contribution in [0.5, 0.6) is 0 Å². The number of nitrogens with zero attached hydrogens (tertiary/aromatic N) is 6. The maximum atomic E-state index is 13.4. The summed E-state index contributed by atoms with van der Waals surface area (Å²) in [6.07, 6.45) is -8.32. The van der Waals surface area contributed by atoms with Crippen LogP contribution in [-0.2, 0) is 35.5 Å². The molecule has 2 aromatic heterocycles. The number of aromatic nitrogens is 5. The molecule has 0 saturated heterocycles. The van der Waals surface area contributed by atoms with Crippen molar-refractivity contribution >= 4 is 29.7 Å². The molecule has 1 aliphatic heterocycles. The quantitative estimate of drug-likeness (QED) is 0.250. The van der Waals surface area contributed by atoms with Crippen molar-refractivity contribution in [3.8, 4) is 0 Å². The topological polar surface area (TPSA) is 98.1 Å². The van der Waals surface area contributed by atoms with Gasteiger partial charge in [0.25, 0.3) is 12.4 Å². The van der Waals surface area contributed by atoms with Crippen molar-refractivity contribution in [3.63, 3.8) is 0 Å². The molecule has 1 N–H and O–H groups in total. The Balaban J connectivity index is 0.000000696. The summed E-state index contributed by atoms with van der Waals surface area (Å²) in [5.74, 6) is 0.0351. The van der Waals surface area contributed by atoms with Gasteiger partial charge >= 0.3 is 12.4 Å². The smallest absolute Gasteiger partial charge is 0.433 e. The lowest BCUT2D eigenvalue weighted by atomic mass is 9.93. The Hall–Kier alpha value is -3.62. The van der Waals surface area contributed by atoms with E-state index in [0.29, 0.717) is 25.0 Å². The summed E-state index contributed by atoms with van der Waals surface area (Å²) in [5, 5.41) is 15.0. The molecule has 224 valence electrons. The molecule has 3 heterocycles. The Morgan fingerprint density at radius 1 is 1.17 bits per heavy atom. The third-order valence-electron chi connectivity index (χ3n) is 5.99. The van der Waals surface area contributed by atoms with Gasteiger partial charge in [-0.3, -0.25) is 4.79 Å². The van der Waals surface area contributed by atoms with Crippen LogP contribution >= 0.6 is 11.6 Å². The van der Waals surface area contributed by atoms with Gasteiger partial charge in [0.15, 0.2) is 0 Å². The lowest BCUT2D eigenvalue weighted by Gasteiger charge is -2.38. The van der Waals surface area contributed by atoms with Gasteiger partial charge in [-0.15, -0.1) is 5.10 Å². The average molecular weight is 608 g/mol. The molecule has 0 unspecified atom stereocenters. The second kappa shape index (κ2) is 12.9. The van der Waals surface area contributed by atoms with E-state index in [2.05, 4.69) is 30.4 Å². The number of tetrazole rings is 1. The number of alkyl halides is 6. The second-order valence-electron chi connectivity index (χ2n) is 9.46. The molecule has 0 radical (unpaired) electrons. The van der Waals surface area contributed by atoms with Gasteiger partial charge in [-0.05, 0) is 67.8 Å². The molecular weight excluding hydrogens is 580 g/mol. The molecule has 9 nitrogen and oxygen atoms in total. The van der Waals surface area contributed by atoms with Crippen molar-refractivity contribution in [2.75, 3.05) is 10.2 Å². The Morgan fingerprint density at radius 2 is 1.88 bits per heavy atom. The van der Waals surface area contributed by atoms with Crippen molar-refractivity contribution in [2.24, 2.45) is 7.05 Å². The number of nitrogens with one attached hydrogen (secondary N) is 1. The highest BCUT2D eigenvalue weighted by molar-refractivity contribution is 6.30. The van der Waals surface area contributed by atoms with Crippen molar-refractivity contribution in [2.45, 2.75) is 70.7 Å². The predicted molar refractivity (Wildman–Crippen MR) is 138 cm³/mol. The van der Waals surface area contributed by atoms with Crippen molar-refractivity contribution in [1.29, 1.82) is 0 Å². The first-order valence-electron chi connectivity index (χ1n) is 12.4. The molecular formula is C25H28ClF6N7O2. The molecule has 2 atom stereocenters. The number of fused-ring (bicyclic) bond motifs is 1. The number of hydrogen-bond acceptors (Lipinski definition) is 8. The highest BCUT2D eigenvalue weighted by Crippen LogP contribution is 2.41. The first kappa shape index (κ1) is 31.9. The number of anilines is 2. The van der Waals surface area contributed by atoms with Gasteiger partial charge in [-0.2, -0.15) is 31.1 Å². The minimum absolute atomic E-state index is 0.0301. The number of hydrogen-bond donors (Lipinski definition) is 1. The van der Waals surface area contributed by atoms with Crippen LogP contribution in [0.1, 0.15) is 62.2 Å². The number of benzene rings is 1. The second-order valence-corrected chi connectivity index (χ2v) is 9.90.